The van der Waals surface area contributed by atoms with E-state index in [4.69, 9.17) is 5.73 Å². The van der Waals surface area contributed by atoms with Crippen LogP contribution in [0.15, 0.2) is 23.1 Å². The molecule has 0 aliphatic heterocycles. The van der Waals surface area contributed by atoms with Gasteiger partial charge in [-0.1, -0.05) is 12.8 Å². The van der Waals surface area contributed by atoms with Gasteiger partial charge < -0.3 is 5.73 Å². The molecule has 0 heterocycles. The number of hydrogen-bond acceptors (Lipinski definition) is 3. The Morgan fingerprint density at radius 1 is 1.11 bits per heavy atom. The molecule has 1 aliphatic rings. The number of nitrogens with two attached hydrogens (primary N) is 1. The predicted molar refractivity (Wildman–Crippen MR) is 63.8 cm³/mol. The van der Waals surface area contributed by atoms with Crippen LogP contribution in [0.4, 0.5) is 8.78 Å². The van der Waals surface area contributed by atoms with Gasteiger partial charge in [0, 0.05) is 6.04 Å². The first kappa shape index (κ1) is 13.4. The molecule has 1 aromatic rings. The summed E-state index contributed by atoms with van der Waals surface area (Å²) in [6.07, 6.45) is 2.82. The first-order chi connectivity index (χ1) is 8.43. The highest BCUT2D eigenvalue weighted by molar-refractivity contribution is 7.92. The summed E-state index contributed by atoms with van der Waals surface area (Å²) >= 11 is 0. The van der Waals surface area contributed by atoms with Crippen molar-refractivity contribution < 1.29 is 17.2 Å². The minimum atomic E-state index is -3.68. The van der Waals surface area contributed by atoms with Crippen LogP contribution in [0.3, 0.4) is 0 Å². The molecule has 0 radical (unpaired) electrons. The van der Waals surface area contributed by atoms with Gasteiger partial charge in [-0.25, -0.2) is 17.2 Å². The molecule has 2 unspecified atom stereocenters. The number of sulfone groups is 1. The smallest absolute Gasteiger partial charge is 0.182 e. The summed E-state index contributed by atoms with van der Waals surface area (Å²) in [5.41, 5.74) is 5.82. The Morgan fingerprint density at radius 2 is 1.78 bits per heavy atom. The fraction of sp³-hybridized carbons (Fsp3) is 0.500. The Hall–Kier alpha value is -1.01. The highest BCUT2D eigenvalue weighted by atomic mass is 32.2. The van der Waals surface area contributed by atoms with Crippen LogP contribution in [0, 0.1) is 11.6 Å². The second kappa shape index (κ2) is 4.93. The van der Waals surface area contributed by atoms with Gasteiger partial charge in [0.05, 0.1) is 10.1 Å². The number of rotatable bonds is 2. The second-order valence-corrected chi connectivity index (χ2v) is 6.77. The lowest BCUT2D eigenvalue weighted by atomic mass is 9.96. The average molecular weight is 275 g/mol. The minimum Gasteiger partial charge on any atom is -0.327 e. The fourth-order valence-electron chi connectivity index (χ4n) is 2.34. The third-order valence-corrected chi connectivity index (χ3v) is 5.67. The third kappa shape index (κ3) is 2.40. The van der Waals surface area contributed by atoms with Crippen LogP contribution in [0.5, 0.6) is 0 Å². The van der Waals surface area contributed by atoms with Crippen molar-refractivity contribution in [3.8, 4) is 0 Å². The molecule has 18 heavy (non-hydrogen) atoms. The molecule has 0 saturated heterocycles. The molecular formula is C12H15F2NO2S. The van der Waals surface area contributed by atoms with E-state index in [2.05, 4.69) is 0 Å². The van der Waals surface area contributed by atoms with E-state index in [1.165, 1.54) is 0 Å². The van der Waals surface area contributed by atoms with Crippen molar-refractivity contribution in [2.75, 3.05) is 0 Å². The maximum absolute atomic E-state index is 13.1. The highest BCUT2D eigenvalue weighted by Crippen LogP contribution is 2.28. The van der Waals surface area contributed by atoms with Gasteiger partial charge >= 0.3 is 0 Å². The van der Waals surface area contributed by atoms with E-state index in [-0.39, 0.29) is 4.90 Å². The van der Waals surface area contributed by atoms with Gasteiger partial charge in [-0.05, 0) is 31.0 Å². The number of benzene rings is 1. The zero-order chi connectivity index (χ0) is 13.3. The summed E-state index contributed by atoms with van der Waals surface area (Å²) in [6.45, 7) is 0. The van der Waals surface area contributed by atoms with Crippen LogP contribution in [-0.2, 0) is 9.84 Å². The predicted octanol–water partition coefficient (Wildman–Crippen LogP) is 2.01. The van der Waals surface area contributed by atoms with E-state index < -0.39 is 32.8 Å². The van der Waals surface area contributed by atoms with Crippen LogP contribution in [-0.4, -0.2) is 19.7 Å². The summed E-state index contributed by atoms with van der Waals surface area (Å²) in [6, 6.07) is 2.22. The number of halogens is 2. The Labute approximate surface area is 105 Å². The van der Waals surface area contributed by atoms with Crippen LogP contribution in [0.2, 0.25) is 0 Å². The van der Waals surface area contributed by atoms with Gasteiger partial charge in [0.15, 0.2) is 21.5 Å². The monoisotopic (exact) mass is 275 g/mol. The molecule has 2 atom stereocenters. The van der Waals surface area contributed by atoms with Gasteiger partial charge in [-0.3, -0.25) is 0 Å². The molecule has 3 nitrogen and oxygen atoms in total. The largest absolute Gasteiger partial charge is 0.327 e. The van der Waals surface area contributed by atoms with Crippen LogP contribution >= 0.6 is 0 Å². The standard InChI is InChI=1S/C12H15F2NO2S/c13-9-6-5-8(7-10(9)14)18(16,17)12-4-2-1-3-11(12)15/h5-7,11-12H,1-4,15H2. The second-order valence-electron chi connectivity index (χ2n) is 4.61. The lowest BCUT2D eigenvalue weighted by Gasteiger charge is -2.28. The third-order valence-electron chi connectivity index (χ3n) is 3.37. The van der Waals surface area contributed by atoms with E-state index >= 15 is 0 Å². The van der Waals surface area contributed by atoms with E-state index in [0.29, 0.717) is 12.8 Å². The topological polar surface area (TPSA) is 60.2 Å². The minimum absolute atomic E-state index is 0.191. The molecule has 2 N–H and O–H groups in total. The lowest BCUT2D eigenvalue weighted by molar-refractivity contribution is 0.431. The van der Waals surface area contributed by atoms with Crippen molar-refractivity contribution in [2.24, 2.45) is 5.73 Å². The molecule has 100 valence electrons. The zero-order valence-corrected chi connectivity index (χ0v) is 10.6. The van der Waals surface area contributed by atoms with Crippen molar-refractivity contribution in [3.05, 3.63) is 29.8 Å². The van der Waals surface area contributed by atoms with Gasteiger partial charge in [0.1, 0.15) is 0 Å². The van der Waals surface area contributed by atoms with Crippen LogP contribution in [0.25, 0.3) is 0 Å². The normalized spacial score (nSPS) is 25.1. The Bertz CT molecular complexity index is 545. The molecule has 1 aromatic carbocycles. The SMILES string of the molecule is NC1CCCCC1S(=O)(=O)c1ccc(F)c(F)c1. The van der Waals surface area contributed by atoms with Gasteiger partial charge in [0.2, 0.25) is 0 Å². The van der Waals surface area contributed by atoms with Crippen molar-refractivity contribution in [1.29, 1.82) is 0 Å². The molecular weight excluding hydrogens is 260 g/mol. The first-order valence-electron chi connectivity index (χ1n) is 5.87. The molecule has 1 aliphatic carbocycles. The van der Waals surface area contributed by atoms with Gasteiger partial charge in [-0.2, -0.15) is 0 Å². The fourth-order valence-corrected chi connectivity index (χ4v) is 4.29. The molecule has 0 amide bonds. The number of hydrogen-bond donors (Lipinski definition) is 1. The van der Waals surface area contributed by atoms with Crippen molar-refractivity contribution >= 4 is 9.84 Å². The maximum atomic E-state index is 13.1. The molecule has 0 aromatic heterocycles. The summed E-state index contributed by atoms with van der Waals surface area (Å²) in [4.78, 5) is -0.191. The van der Waals surface area contributed by atoms with Crippen molar-refractivity contribution in [3.63, 3.8) is 0 Å². The lowest BCUT2D eigenvalue weighted by Crippen LogP contribution is -2.42. The summed E-state index contributed by atoms with van der Waals surface area (Å²) in [5.74, 6) is -2.21. The molecule has 0 spiro atoms. The maximum Gasteiger partial charge on any atom is 0.182 e. The highest BCUT2D eigenvalue weighted by Gasteiger charge is 2.34. The first-order valence-corrected chi connectivity index (χ1v) is 7.42. The van der Waals surface area contributed by atoms with Crippen molar-refractivity contribution in [1.82, 2.24) is 0 Å². The summed E-state index contributed by atoms with van der Waals surface area (Å²) in [5, 5.41) is -0.698. The van der Waals surface area contributed by atoms with E-state index in [0.717, 1.165) is 31.0 Å². The molecule has 2 rings (SSSR count). The summed E-state index contributed by atoms with van der Waals surface area (Å²) < 4.78 is 50.5. The quantitative estimate of drug-likeness (QED) is 0.840. The molecule has 6 heteroatoms. The van der Waals surface area contributed by atoms with E-state index in [9.17, 15) is 17.2 Å². The van der Waals surface area contributed by atoms with Gasteiger partial charge in [-0.15, -0.1) is 0 Å². The Kier molecular flexibility index (Phi) is 3.68. The van der Waals surface area contributed by atoms with E-state index in [1.807, 2.05) is 0 Å². The Balaban J connectivity index is 2.37. The summed E-state index contributed by atoms with van der Waals surface area (Å²) in [7, 11) is -3.68. The van der Waals surface area contributed by atoms with Gasteiger partial charge in [0.25, 0.3) is 0 Å². The van der Waals surface area contributed by atoms with Crippen LogP contribution in [0.1, 0.15) is 25.7 Å². The zero-order valence-electron chi connectivity index (χ0n) is 9.77. The van der Waals surface area contributed by atoms with Crippen molar-refractivity contribution in [2.45, 2.75) is 41.9 Å². The van der Waals surface area contributed by atoms with Crippen LogP contribution < -0.4 is 5.73 Å². The average Bonchev–Trinajstić information content (AvgIpc) is 2.33. The van der Waals surface area contributed by atoms with E-state index in [1.54, 1.807) is 0 Å². The molecule has 0 bridgehead atoms. The molecule has 1 saturated carbocycles. The molecule has 1 fully saturated rings. The Morgan fingerprint density at radius 3 is 2.39 bits per heavy atom.